The van der Waals surface area contributed by atoms with Crippen LogP contribution in [0.25, 0.3) is 5.69 Å². The number of carbonyl (C=O) groups is 1. The lowest BCUT2D eigenvalue weighted by molar-refractivity contribution is 0.100. The Balaban J connectivity index is 2.29. The first kappa shape index (κ1) is 12.1. The van der Waals surface area contributed by atoms with E-state index in [0.29, 0.717) is 16.4 Å². The summed E-state index contributed by atoms with van der Waals surface area (Å²) in [5.74, 6) is -0.225. The summed E-state index contributed by atoms with van der Waals surface area (Å²) in [6, 6.07) is 8.57. The van der Waals surface area contributed by atoms with Gasteiger partial charge in [-0.3, -0.25) is 4.79 Å². The van der Waals surface area contributed by atoms with Gasteiger partial charge >= 0.3 is 0 Å². The van der Waals surface area contributed by atoms with Gasteiger partial charge in [-0.1, -0.05) is 11.8 Å². The lowest BCUT2D eigenvalue weighted by atomic mass is 10.2. The van der Waals surface area contributed by atoms with Crippen LogP contribution in [0.4, 0.5) is 0 Å². The van der Waals surface area contributed by atoms with Crippen molar-refractivity contribution in [2.24, 2.45) is 5.73 Å². The fraction of sp³-hybridized carbons (Fsp3) is 0.100. The number of rotatable bonds is 4. The number of hydrogen-bond donors (Lipinski definition) is 1. The third-order valence-electron chi connectivity index (χ3n) is 2.10. The number of aromatic nitrogens is 4. The molecule has 0 spiro atoms. The van der Waals surface area contributed by atoms with Crippen molar-refractivity contribution < 1.29 is 4.79 Å². The summed E-state index contributed by atoms with van der Waals surface area (Å²) in [5, 5.41) is 20.2. The van der Waals surface area contributed by atoms with Gasteiger partial charge < -0.3 is 5.73 Å². The molecule has 0 bridgehead atoms. The fourth-order valence-corrected chi connectivity index (χ4v) is 1.85. The van der Waals surface area contributed by atoms with Crippen molar-refractivity contribution in [3.8, 4) is 11.8 Å². The number of primary amides is 1. The maximum Gasteiger partial charge on any atom is 0.248 e. The molecule has 0 aliphatic heterocycles. The number of amides is 1. The summed E-state index contributed by atoms with van der Waals surface area (Å²) in [7, 11) is 0. The molecule has 8 heteroatoms. The molecule has 0 aliphatic rings. The first-order valence-electron chi connectivity index (χ1n) is 4.90. The maximum atomic E-state index is 10.9. The molecular weight excluding hydrogens is 252 g/mol. The van der Waals surface area contributed by atoms with E-state index in [-0.39, 0.29) is 5.75 Å². The van der Waals surface area contributed by atoms with Crippen LogP contribution < -0.4 is 5.73 Å². The van der Waals surface area contributed by atoms with Gasteiger partial charge in [0.1, 0.15) is 0 Å². The van der Waals surface area contributed by atoms with Crippen molar-refractivity contribution in [2.45, 2.75) is 5.16 Å². The number of nitrogens with two attached hydrogens (primary N) is 1. The molecule has 1 amide bonds. The largest absolute Gasteiger partial charge is 0.366 e. The van der Waals surface area contributed by atoms with Crippen LogP contribution in [0.15, 0.2) is 29.4 Å². The highest BCUT2D eigenvalue weighted by Crippen LogP contribution is 2.17. The Morgan fingerprint density at radius 1 is 1.44 bits per heavy atom. The predicted octanol–water partition coefficient (Wildman–Crippen LogP) is 0.377. The van der Waals surface area contributed by atoms with Crippen LogP contribution >= 0.6 is 11.8 Å². The van der Waals surface area contributed by atoms with Crippen molar-refractivity contribution in [3.05, 3.63) is 29.8 Å². The van der Waals surface area contributed by atoms with Crippen LogP contribution in [-0.4, -0.2) is 31.9 Å². The van der Waals surface area contributed by atoms with E-state index in [4.69, 9.17) is 11.0 Å². The Bertz CT molecular complexity index is 600. The van der Waals surface area contributed by atoms with Gasteiger partial charge in [-0.05, 0) is 34.7 Å². The van der Waals surface area contributed by atoms with Crippen LogP contribution in [0.2, 0.25) is 0 Å². The quantitative estimate of drug-likeness (QED) is 0.795. The molecule has 18 heavy (non-hydrogen) atoms. The number of thioether (sulfide) groups is 1. The Kier molecular flexibility index (Phi) is 3.54. The van der Waals surface area contributed by atoms with E-state index in [2.05, 4.69) is 15.5 Å². The number of hydrogen-bond acceptors (Lipinski definition) is 6. The van der Waals surface area contributed by atoms with Crippen molar-refractivity contribution in [3.63, 3.8) is 0 Å². The molecule has 0 saturated heterocycles. The highest BCUT2D eigenvalue weighted by atomic mass is 32.2. The third kappa shape index (κ3) is 2.46. The number of tetrazole rings is 1. The maximum absolute atomic E-state index is 10.9. The topological polar surface area (TPSA) is 110 Å². The number of nitrogens with zero attached hydrogens (tertiary/aromatic N) is 5. The second-order valence-corrected chi connectivity index (χ2v) is 4.17. The van der Waals surface area contributed by atoms with E-state index in [0.717, 1.165) is 0 Å². The Morgan fingerprint density at radius 2 is 2.17 bits per heavy atom. The van der Waals surface area contributed by atoms with Crippen LogP contribution in [0.5, 0.6) is 0 Å². The van der Waals surface area contributed by atoms with Crippen LogP contribution in [-0.2, 0) is 0 Å². The lowest BCUT2D eigenvalue weighted by Crippen LogP contribution is -2.10. The summed E-state index contributed by atoms with van der Waals surface area (Å²) in [4.78, 5) is 10.9. The number of benzene rings is 1. The van der Waals surface area contributed by atoms with Gasteiger partial charge in [-0.15, -0.1) is 5.10 Å². The van der Waals surface area contributed by atoms with Gasteiger partial charge in [0, 0.05) is 5.56 Å². The Hall–Kier alpha value is -2.40. The average Bonchev–Trinajstić information content (AvgIpc) is 2.84. The van der Waals surface area contributed by atoms with Crippen molar-refractivity contribution in [2.75, 3.05) is 5.75 Å². The minimum Gasteiger partial charge on any atom is -0.366 e. The average molecular weight is 260 g/mol. The zero-order valence-corrected chi connectivity index (χ0v) is 9.96. The zero-order valence-electron chi connectivity index (χ0n) is 9.15. The summed E-state index contributed by atoms with van der Waals surface area (Å²) in [6.45, 7) is 0. The molecule has 0 radical (unpaired) electrons. The number of carbonyl (C=O) groups excluding carboxylic acids is 1. The minimum atomic E-state index is -0.489. The van der Waals surface area contributed by atoms with E-state index in [1.165, 1.54) is 16.4 Å². The summed E-state index contributed by atoms with van der Waals surface area (Å²) in [5.41, 5.74) is 6.27. The number of nitriles is 1. The molecular formula is C10H8N6OS. The predicted molar refractivity (Wildman–Crippen MR) is 64.0 cm³/mol. The van der Waals surface area contributed by atoms with Gasteiger partial charge in [0.2, 0.25) is 11.1 Å². The Morgan fingerprint density at radius 3 is 2.78 bits per heavy atom. The van der Waals surface area contributed by atoms with Crippen LogP contribution in [0, 0.1) is 11.3 Å². The molecule has 1 aromatic heterocycles. The van der Waals surface area contributed by atoms with Crippen LogP contribution in [0.1, 0.15) is 10.4 Å². The first-order valence-corrected chi connectivity index (χ1v) is 5.89. The highest BCUT2D eigenvalue weighted by Gasteiger charge is 2.09. The smallest absolute Gasteiger partial charge is 0.248 e. The van der Waals surface area contributed by atoms with E-state index in [1.54, 1.807) is 24.3 Å². The SMILES string of the molecule is N#CCSc1nnnn1-c1ccc(C(N)=O)cc1. The van der Waals surface area contributed by atoms with Crippen molar-refractivity contribution in [1.29, 1.82) is 5.26 Å². The molecule has 2 rings (SSSR count). The third-order valence-corrected chi connectivity index (χ3v) is 2.89. The van der Waals surface area contributed by atoms with Gasteiger partial charge in [-0.2, -0.15) is 9.94 Å². The fourth-order valence-electron chi connectivity index (χ4n) is 1.29. The van der Waals surface area contributed by atoms with Crippen molar-refractivity contribution in [1.82, 2.24) is 20.2 Å². The normalized spacial score (nSPS) is 9.94. The molecule has 1 heterocycles. The molecule has 1 aromatic carbocycles. The van der Waals surface area contributed by atoms with E-state index >= 15 is 0 Å². The molecule has 0 fully saturated rings. The lowest BCUT2D eigenvalue weighted by Gasteiger charge is -2.03. The summed E-state index contributed by atoms with van der Waals surface area (Å²) >= 11 is 1.23. The van der Waals surface area contributed by atoms with E-state index in [9.17, 15) is 4.79 Å². The Labute approximate surface area is 107 Å². The van der Waals surface area contributed by atoms with Gasteiger partial charge in [0.25, 0.3) is 0 Å². The first-order chi connectivity index (χ1) is 8.72. The van der Waals surface area contributed by atoms with E-state index in [1.807, 2.05) is 6.07 Å². The molecule has 7 nitrogen and oxygen atoms in total. The summed E-state index contributed by atoms with van der Waals surface area (Å²) in [6.07, 6.45) is 0. The van der Waals surface area contributed by atoms with Gasteiger partial charge in [0.15, 0.2) is 0 Å². The highest BCUT2D eigenvalue weighted by molar-refractivity contribution is 7.99. The van der Waals surface area contributed by atoms with E-state index < -0.39 is 5.91 Å². The molecule has 2 N–H and O–H groups in total. The van der Waals surface area contributed by atoms with Crippen molar-refractivity contribution >= 4 is 17.7 Å². The molecule has 2 aromatic rings. The molecule has 0 saturated carbocycles. The molecule has 0 aliphatic carbocycles. The minimum absolute atomic E-state index is 0.264. The molecule has 90 valence electrons. The summed E-state index contributed by atoms with van der Waals surface area (Å²) < 4.78 is 1.49. The zero-order chi connectivity index (χ0) is 13.0. The van der Waals surface area contributed by atoms with Gasteiger partial charge in [0.05, 0.1) is 17.5 Å². The second-order valence-electron chi connectivity index (χ2n) is 3.23. The monoisotopic (exact) mass is 260 g/mol. The standard InChI is InChI=1S/C10H8N6OS/c11-5-6-18-10-13-14-15-16(10)8-3-1-7(2-4-8)9(12)17/h1-4H,6H2,(H2,12,17). The van der Waals surface area contributed by atoms with Crippen LogP contribution in [0.3, 0.4) is 0 Å². The molecule has 0 unspecified atom stereocenters. The van der Waals surface area contributed by atoms with Gasteiger partial charge in [-0.25, -0.2) is 0 Å². The molecule has 0 atom stereocenters. The second kappa shape index (κ2) is 5.29.